The largest absolute Gasteiger partial charge is 0.508 e. The molecular formula is C25H28F3N3O2. The molecule has 5 nitrogen and oxygen atoms in total. The zero-order valence-corrected chi connectivity index (χ0v) is 19.0. The fourth-order valence-corrected chi connectivity index (χ4v) is 4.81. The first-order valence-corrected chi connectivity index (χ1v) is 11.1. The molecule has 1 aliphatic rings. The number of aromatic hydroxyl groups is 1. The Morgan fingerprint density at radius 1 is 1.24 bits per heavy atom. The monoisotopic (exact) mass is 459 g/mol. The van der Waals surface area contributed by atoms with Gasteiger partial charge in [0.05, 0.1) is 11.6 Å². The van der Waals surface area contributed by atoms with Gasteiger partial charge in [-0.15, -0.1) is 0 Å². The van der Waals surface area contributed by atoms with Gasteiger partial charge in [-0.2, -0.15) is 13.2 Å². The summed E-state index contributed by atoms with van der Waals surface area (Å²) in [7, 11) is 0. The lowest BCUT2D eigenvalue weighted by Crippen LogP contribution is -2.55. The highest BCUT2D eigenvalue weighted by Gasteiger charge is 2.62. The predicted molar refractivity (Wildman–Crippen MR) is 121 cm³/mol. The van der Waals surface area contributed by atoms with E-state index in [0.29, 0.717) is 40.0 Å². The molecule has 1 aliphatic carbocycles. The zero-order valence-electron chi connectivity index (χ0n) is 19.0. The van der Waals surface area contributed by atoms with Crippen LogP contribution < -0.4 is 5.32 Å². The SMILES string of the molecule is CCC1CC(O)(C(F)(F)F)C(Nc2cccc3nc(C)ncc23)c2cc(C(C)C)cc(O)c21. The third kappa shape index (κ3) is 3.90. The second-order valence-electron chi connectivity index (χ2n) is 9.16. The number of hydrogen-bond donors (Lipinski definition) is 3. The van der Waals surface area contributed by atoms with E-state index < -0.39 is 30.2 Å². The second kappa shape index (κ2) is 8.17. The van der Waals surface area contributed by atoms with Crippen molar-refractivity contribution >= 4 is 16.6 Å². The molecule has 0 aliphatic heterocycles. The number of nitrogens with zero attached hydrogens (tertiary/aromatic N) is 2. The molecule has 1 aromatic heterocycles. The highest BCUT2D eigenvalue weighted by atomic mass is 19.4. The van der Waals surface area contributed by atoms with Gasteiger partial charge in [-0.1, -0.05) is 32.9 Å². The normalized spacial score (nSPS) is 23.1. The van der Waals surface area contributed by atoms with Crippen molar-refractivity contribution in [3.05, 3.63) is 59.0 Å². The third-order valence-corrected chi connectivity index (χ3v) is 6.66. The van der Waals surface area contributed by atoms with Crippen molar-refractivity contribution < 1.29 is 23.4 Å². The predicted octanol–water partition coefficient (Wildman–Crippen LogP) is 6.11. The van der Waals surface area contributed by atoms with E-state index >= 15 is 0 Å². The van der Waals surface area contributed by atoms with Crippen LogP contribution in [0.25, 0.3) is 10.9 Å². The van der Waals surface area contributed by atoms with Gasteiger partial charge in [0, 0.05) is 22.8 Å². The summed E-state index contributed by atoms with van der Waals surface area (Å²) in [6.07, 6.45) is -3.52. The Balaban J connectivity index is 1.96. The Labute approximate surface area is 190 Å². The highest BCUT2D eigenvalue weighted by Crippen LogP contribution is 2.55. The Morgan fingerprint density at radius 2 is 1.97 bits per heavy atom. The zero-order chi connectivity index (χ0) is 24.1. The number of anilines is 1. The number of rotatable bonds is 4. The quantitative estimate of drug-likeness (QED) is 0.439. The minimum Gasteiger partial charge on any atom is -0.508 e. The molecule has 4 rings (SSSR count). The van der Waals surface area contributed by atoms with Gasteiger partial charge in [0.2, 0.25) is 0 Å². The average Bonchev–Trinajstić information content (AvgIpc) is 2.74. The van der Waals surface area contributed by atoms with Gasteiger partial charge in [-0.25, -0.2) is 9.97 Å². The van der Waals surface area contributed by atoms with Crippen molar-refractivity contribution in [2.75, 3.05) is 5.32 Å². The summed E-state index contributed by atoms with van der Waals surface area (Å²) in [4.78, 5) is 8.55. The number of halogens is 3. The van der Waals surface area contributed by atoms with Crippen LogP contribution in [0.1, 0.15) is 74.0 Å². The molecule has 0 bridgehead atoms. The van der Waals surface area contributed by atoms with Crippen molar-refractivity contribution in [3.63, 3.8) is 0 Å². The molecule has 1 heterocycles. The molecule has 0 amide bonds. The molecule has 0 radical (unpaired) electrons. The average molecular weight is 460 g/mol. The van der Waals surface area contributed by atoms with Crippen molar-refractivity contribution in [3.8, 4) is 5.75 Å². The van der Waals surface area contributed by atoms with E-state index in [9.17, 15) is 23.4 Å². The topological polar surface area (TPSA) is 78.3 Å². The second-order valence-corrected chi connectivity index (χ2v) is 9.16. The molecule has 3 unspecified atom stereocenters. The Bertz CT molecular complexity index is 1200. The van der Waals surface area contributed by atoms with Crippen LogP contribution in [0.2, 0.25) is 0 Å². The molecule has 0 saturated carbocycles. The summed E-state index contributed by atoms with van der Waals surface area (Å²) >= 11 is 0. The summed E-state index contributed by atoms with van der Waals surface area (Å²) in [6.45, 7) is 7.31. The van der Waals surface area contributed by atoms with Gasteiger partial charge in [0.1, 0.15) is 11.6 Å². The van der Waals surface area contributed by atoms with E-state index in [-0.39, 0.29) is 17.2 Å². The van der Waals surface area contributed by atoms with Gasteiger partial charge in [-0.05, 0) is 60.9 Å². The van der Waals surface area contributed by atoms with Crippen LogP contribution in [0.3, 0.4) is 0 Å². The van der Waals surface area contributed by atoms with Crippen molar-refractivity contribution in [1.29, 1.82) is 0 Å². The number of hydrogen-bond acceptors (Lipinski definition) is 5. The summed E-state index contributed by atoms with van der Waals surface area (Å²) in [6, 6.07) is 6.89. The molecule has 0 spiro atoms. The Kier molecular flexibility index (Phi) is 5.76. The minimum absolute atomic E-state index is 0.0169. The summed E-state index contributed by atoms with van der Waals surface area (Å²) in [5.41, 5.74) is -0.630. The van der Waals surface area contributed by atoms with E-state index in [4.69, 9.17) is 0 Å². The van der Waals surface area contributed by atoms with Crippen LogP contribution in [0.4, 0.5) is 18.9 Å². The van der Waals surface area contributed by atoms with Crippen LogP contribution in [-0.2, 0) is 0 Å². The number of alkyl halides is 3. The third-order valence-electron chi connectivity index (χ3n) is 6.66. The standard InChI is InChI=1S/C25H28F3N3O2/c1-5-15-11-24(33,25(26,27)28)23(17-9-16(13(2)3)10-21(32)22(15)17)31-20-8-6-7-19-18(20)12-29-14(4)30-19/h6-10,12-13,15,23,31-33H,5,11H2,1-4H3. The van der Waals surface area contributed by atoms with Gasteiger partial charge < -0.3 is 15.5 Å². The van der Waals surface area contributed by atoms with Gasteiger partial charge in [0.15, 0.2) is 5.60 Å². The maximum Gasteiger partial charge on any atom is 0.419 e. The van der Waals surface area contributed by atoms with Crippen molar-refractivity contribution in [1.82, 2.24) is 9.97 Å². The number of nitrogens with one attached hydrogen (secondary N) is 1. The maximum atomic E-state index is 14.4. The number of benzene rings is 2. The van der Waals surface area contributed by atoms with Crippen molar-refractivity contribution in [2.24, 2.45) is 0 Å². The molecule has 3 atom stereocenters. The lowest BCUT2D eigenvalue weighted by Gasteiger charge is -2.46. The number of phenols is 1. The first-order valence-electron chi connectivity index (χ1n) is 11.1. The van der Waals surface area contributed by atoms with E-state index in [1.807, 2.05) is 13.8 Å². The van der Waals surface area contributed by atoms with Crippen molar-refractivity contribution in [2.45, 2.75) is 70.2 Å². The minimum atomic E-state index is -4.89. The van der Waals surface area contributed by atoms with Crippen LogP contribution in [0.5, 0.6) is 5.75 Å². The van der Waals surface area contributed by atoms with E-state index in [1.165, 1.54) is 0 Å². The molecule has 3 N–H and O–H groups in total. The number of aromatic nitrogens is 2. The van der Waals surface area contributed by atoms with Gasteiger partial charge >= 0.3 is 6.18 Å². The fourth-order valence-electron chi connectivity index (χ4n) is 4.81. The molecule has 0 saturated heterocycles. The molecule has 2 aromatic carbocycles. The summed E-state index contributed by atoms with van der Waals surface area (Å²) < 4.78 is 43.3. The molecular weight excluding hydrogens is 431 g/mol. The Morgan fingerprint density at radius 3 is 2.61 bits per heavy atom. The number of aliphatic hydroxyl groups is 1. The van der Waals surface area contributed by atoms with Gasteiger partial charge in [0.25, 0.3) is 0 Å². The maximum absolute atomic E-state index is 14.4. The lowest BCUT2D eigenvalue weighted by molar-refractivity contribution is -0.272. The van der Waals surface area contributed by atoms with E-state index in [0.717, 1.165) is 0 Å². The number of fused-ring (bicyclic) bond motifs is 2. The number of aryl methyl sites for hydroxylation is 1. The Hall–Kier alpha value is -2.87. The summed E-state index contributed by atoms with van der Waals surface area (Å²) in [5.74, 6) is -0.135. The lowest BCUT2D eigenvalue weighted by atomic mass is 9.68. The van der Waals surface area contributed by atoms with Crippen LogP contribution in [0.15, 0.2) is 36.5 Å². The van der Waals surface area contributed by atoms with E-state index in [1.54, 1.807) is 50.4 Å². The summed E-state index contributed by atoms with van der Waals surface area (Å²) in [5, 5.41) is 25.6. The smallest absolute Gasteiger partial charge is 0.419 e. The molecule has 0 fully saturated rings. The van der Waals surface area contributed by atoms with Gasteiger partial charge in [-0.3, -0.25) is 0 Å². The molecule has 3 aromatic rings. The highest BCUT2D eigenvalue weighted by molar-refractivity contribution is 5.91. The van der Waals surface area contributed by atoms with Crippen LogP contribution in [-0.4, -0.2) is 32.0 Å². The fraction of sp³-hybridized carbons (Fsp3) is 0.440. The molecule has 176 valence electrons. The first kappa shape index (κ1) is 23.3. The first-order chi connectivity index (χ1) is 15.5. The van der Waals surface area contributed by atoms with Crippen LogP contribution in [0, 0.1) is 6.92 Å². The van der Waals surface area contributed by atoms with E-state index in [2.05, 4.69) is 15.3 Å². The molecule has 8 heteroatoms. The number of phenolic OH excluding ortho intramolecular Hbond substituents is 1. The molecule has 33 heavy (non-hydrogen) atoms. The van der Waals surface area contributed by atoms with Crippen LogP contribution >= 0.6 is 0 Å².